The van der Waals surface area contributed by atoms with Gasteiger partial charge in [-0.25, -0.2) is 0 Å². The highest BCUT2D eigenvalue weighted by Crippen LogP contribution is 2.43. The van der Waals surface area contributed by atoms with Gasteiger partial charge in [0.25, 0.3) is 0 Å². The molecule has 1 aliphatic carbocycles. The predicted molar refractivity (Wildman–Crippen MR) is 91.7 cm³/mol. The number of nitrogens with one attached hydrogen (secondary N) is 1. The zero-order valence-electron chi connectivity index (χ0n) is 15.6. The van der Waals surface area contributed by atoms with Crippen molar-refractivity contribution in [1.29, 1.82) is 0 Å². The Hall–Kier alpha value is -0.120. The first kappa shape index (κ1) is 18.9. The lowest BCUT2D eigenvalue weighted by molar-refractivity contribution is -0.126. The van der Waals surface area contributed by atoms with Crippen LogP contribution in [0.15, 0.2) is 0 Å². The largest absolute Gasteiger partial charge is 0.377 e. The molecule has 1 saturated carbocycles. The van der Waals surface area contributed by atoms with E-state index in [1.54, 1.807) is 0 Å². The van der Waals surface area contributed by atoms with Crippen LogP contribution in [0.3, 0.4) is 0 Å². The highest BCUT2D eigenvalue weighted by atomic mass is 16.5. The average Bonchev–Trinajstić information content (AvgIpc) is 2.30. The van der Waals surface area contributed by atoms with Crippen LogP contribution < -0.4 is 5.32 Å². The molecule has 1 rings (SSSR count). The molecule has 1 aliphatic rings. The zero-order valence-corrected chi connectivity index (χ0v) is 15.6. The Morgan fingerprint density at radius 2 is 1.76 bits per heavy atom. The minimum absolute atomic E-state index is 0.246. The van der Waals surface area contributed by atoms with Gasteiger partial charge in [-0.15, -0.1) is 0 Å². The van der Waals surface area contributed by atoms with Crippen molar-refractivity contribution in [1.82, 2.24) is 10.2 Å². The molecule has 3 heteroatoms. The molecule has 0 radical (unpaired) electrons. The summed E-state index contributed by atoms with van der Waals surface area (Å²) in [5.41, 5.74) is 0.246. The number of likely N-dealkylation sites (N-methyl/N-ethyl adjacent to an activating group) is 1. The SMILES string of the molecule is CC(C)COC1CC(NC(CC(C)C)CN(C)C)C1(C)C. The molecule has 3 unspecified atom stereocenters. The monoisotopic (exact) mass is 298 g/mol. The van der Waals surface area contributed by atoms with Crippen molar-refractivity contribution in [3.05, 3.63) is 0 Å². The summed E-state index contributed by atoms with van der Waals surface area (Å²) in [6, 6.07) is 1.16. The topological polar surface area (TPSA) is 24.5 Å². The van der Waals surface area contributed by atoms with E-state index in [1.807, 2.05) is 0 Å². The second-order valence-corrected chi connectivity index (χ2v) is 8.58. The normalized spacial score (nSPS) is 26.4. The third-order valence-electron chi connectivity index (χ3n) is 4.59. The lowest BCUT2D eigenvalue weighted by Crippen LogP contribution is -2.63. The van der Waals surface area contributed by atoms with Gasteiger partial charge >= 0.3 is 0 Å². The van der Waals surface area contributed by atoms with Crippen molar-refractivity contribution in [3.8, 4) is 0 Å². The van der Waals surface area contributed by atoms with Crippen molar-refractivity contribution in [2.75, 3.05) is 27.2 Å². The maximum atomic E-state index is 6.08. The van der Waals surface area contributed by atoms with Gasteiger partial charge in [-0.1, -0.05) is 41.5 Å². The third-order valence-corrected chi connectivity index (χ3v) is 4.59. The van der Waals surface area contributed by atoms with E-state index >= 15 is 0 Å². The minimum Gasteiger partial charge on any atom is -0.377 e. The summed E-state index contributed by atoms with van der Waals surface area (Å²) < 4.78 is 6.08. The molecule has 0 bridgehead atoms. The van der Waals surface area contributed by atoms with Crippen LogP contribution >= 0.6 is 0 Å². The standard InChI is InChI=1S/C18H38N2O/c1-13(2)9-15(11-20(7)8)19-16-10-17(18(16,5)6)21-12-14(3)4/h13-17,19H,9-12H2,1-8H3. The van der Waals surface area contributed by atoms with Crippen molar-refractivity contribution < 1.29 is 4.74 Å². The van der Waals surface area contributed by atoms with E-state index in [-0.39, 0.29) is 5.41 Å². The molecule has 0 aromatic rings. The van der Waals surface area contributed by atoms with Gasteiger partial charge in [-0.2, -0.15) is 0 Å². The number of rotatable bonds is 9. The summed E-state index contributed by atoms with van der Waals surface area (Å²) in [4.78, 5) is 2.29. The molecule has 1 fully saturated rings. The van der Waals surface area contributed by atoms with E-state index in [9.17, 15) is 0 Å². The van der Waals surface area contributed by atoms with Crippen LogP contribution in [-0.4, -0.2) is 50.3 Å². The van der Waals surface area contributed by atoms with Gasteiger partial charge in [0.05, 0.1) is 6.10 Å². The van der Waals surface area contributed by atoms with Crippen molar-refractivity contribution >= 4 is 0 Å². The van der Waals surface area contributed by atoms with E-state index in [2.05, 4.69) is 65.9 Å². The Labute approximate surface area is 132 Å². The minimum atomic E-state index is 0.246. The van der Waals surface area contributed by atoms with Crippen LogP contribution in [0.5, 0.6) is 0 Å². The summed E-state index contributed by atoms with van der Waals surface area (Å²) in [5.74, 6) is 1.36. The number of nitrogens with zero attached hydrogens (tertiary/aromatic N) is 1. The molecule has 3 atom stereocenters. The van der Waals surface area contributed by atoms with Gasteiger partial charge in [-0.3, -0.25) is 0 Å². The molecule has 21 heavy (non-hydrogen) atoms. The highest BCUT2D eigenvalue weighted by molar-refractivity contribution is 5.04. The Balaban J connectivity index is 2.49. The average molecular weight is 299 g/mol. The first-order chi connectivity index (χ1) is 9.62. The fraction of sp³-hybridized carbons (Fsp3) is 1.00. The summed E-state index contributed by atoms with van der Waals surface area (Å²) in [7, 11) is 4.32. The zero-order chi connectivity index (χ0) is 16.2. The van der Waals surface area contributed by atoms with E-state index < -0.39 is 0 Å². The summed E-state index contributed by atoms with van der Waals surface area (Å²) in [6.45, 7) is 15.8. The molecular weight excluding hydrogens is 260 g/mol. The van der Waals surface area contributed by atoms with Crippen LogP contribution in [0.1, 0.15) is 54.4 Å². The van der Waals surface area contributed by atoms with Gasteiger partial charge in [0.2, 0.25) is 0 Å². The van der Waals surface area contributed by atoms with Gasteiger partial charge in [0.1, 0.15) is 0 Å². The second kappa shape index (κ2) is 7.94. The third kappa shape index (κ3) is 5.88. The Bertz CT molecular complexity index is 290. The Morgan fingerprint density at radius 3 is 2.19 bits per heavy atom. The molecule has 0 heterocycles. The van der Waals surface area contributed by atoms with Crippen molar-refractivity contribution in [3.63, 3.8) is 0 Å². The van der Waals surface area contributed by atoms with E-state index in [0.29, 0.717) is 24.1 Å². The first-order valence-corrected chi connectivity index (χ1v) is 8.65. The molecule has 0 saturated heterocycles. The summed E-state index contributed by atoms with van der Waals surface area (Å²) in [5, 5.41) is 3.90. The lowest BCUT2D eigenvalue weighted by atomic mass is 9.64. The van der Waals surface area contributed by atoms with Gasteiger partial charge in [-0.05, 0) is 38.8 Å². The fourth-order valence-corrected chi connectivity index (χ4v) is 3.25. The first-order valence-electron chi connectivity index (χ1n) is 8.65. The molecule has 0 aromatic heterocycles. The van der Waals surface area contributed by atoms with Crippen LogP contribution in [0.25, 0.3) is 0 Å². The Morgan fingerprint density at radius 1 is 1.14 bits per heavy atom. The number of hydrogen-bond donors (Lipinski definition) is 1. The van der Waals surface area contributed by atoms with Gasteiger partial charge < -0.3 is 15.0 Å². The number of ether oxygens (including phenoxy) is 1. The van der Waals surface area contributed by atoms with Crippen LogP contribution in [-0.2, 0) is 4.74 Å². The summed E-state index contributed by atoms with van der Waals surface area (Å²) in [6.07, 6.45) is 2.81. The molecule has 0 aromatic carbocycles. The molecule has 3 nitrogen and oxygen atoms in total. The molecule has 0 amide bonds. The van der Waals surface area contributed by atoms with Crippen molar-refractivity contribution in [2.45, 2.75) is 72.6 Å². The maximum Gasteiger partial charge on any atom is 0.0656 e. The van der Waals surface area contributed by atoms with Gasteiger partial charge in [0.15, 0.2) is 0 Å². The fourth-order valence-electron chi connectivity index (χ4n) is 3.25. The predicted octanol–water partition coefficient (Wildman–Crippen LogP) is 3.39. The van der Waals surface area contributed by atoms with Crippen LogP contribution in [0.2, 0.25) is 0 Å². The lowest BCUT2D eigenvalue weighted by Gasteiger charge is -2.53. The van der Waals surface area contributed by atoms with Gasteiger partial charge in [0, 0.05) is 30.7 Å². The molecule has 126 valence electrons. The number of hydrogen-bond acceptors (Lipinski definition) is 3. The van der Waals surface area contributed by atoms with Crippen LogP contribution in [0, 0.1) is 17.3 Å². The van der Waals surface area contributed by atoms with E-state index in [0.717, 1.165) is 25.5 Å². The quantitative estimate of drug-likeness (QED) is 0.706. The molecule has 0 aliphatic heterocycles. The smallest absolute Gasteiger partial charge is 0.0656 e. The second-order valence-electron chi connectivity index (χ2n) is 8.58. The summed E-state index contributed by atoms with van der Waals surface area (Å²) >= 11 is 0. The van der Waals surface area contributed by atoms with Crippen LogP contribution in [0.4, 0.5) is 0 Å². The molecule has 0 spiro atoms. The molecular formula is C18H38N2O. The van der Waals surface area contributed by atoms with E-state index in [4.69, 9.17) is 4.74 Å². The van der Waals surface area contributed by atoms with Crippen molar-refractivity contribution in [2.24, 2.45) is 17.3 Å². The van der Waals surface area contributed by atoms with E-state index in [1.165, 1.54) is 6.42 Å². The molecule has 1 N–H and O–H groups in total. The Kier molecular flexibility index (Phi) is 7.15. The maximum absolute atomic E-state index is 6.08. The highest BCUT2D eigenvalue weighted by Gasteiger charge is 2.49.